The van der Waals surface area contributed by atoms with E-state index in [1.165, 1.54) is 0 Å². The summed E-state index contributed by atoms with van der Waals surface area (Å²) in [6.45, 7) is 4.50. The molecule has 2 rings (SSSR count). The predicted molar refractivity (Wildman–Crippen MR) is 72.3 cm³/mol. The molecular weight excluding hydrogens is 250 g/mol. The average molecular weight is 275 g/mol. The van der Waals surface area contributed by atoms with Crippen molar-refractivity contribution in [3.63, 3.8) is 0 Å². The molecule has 2 N–H and O–H groups in total. The van der Waals surface area contributed by atoms with E-state index in [9.17, 15) is 8.42 Å². The zero-order chi connectivity index (χ0) is 13.2. The minimum Gasteiger partial charge on any atom is -0.326 e. The van der Waals surface area contributed by atoms with Crippen LogP contribution in [0.25, 0.3) is 0 Å². The summed E-state index contributed by atoms with van der Waals surface area (Å²) in [5.41, 5.74) is 5.95. The van der Waals surface area contributed by atoms with Crippen LogP contribution in [0.4, 0.5) is 0 Å². The van der Waals surface area contributed by atoms with Gasteiger partial charge in [0.15, 0.2) is 0 Å². The topological polar surface area (TPSA) is 66.6 Å². The maximum Gasteiger partial charge on any atom is 0.282 e. The number of nitrogens with two attached hydrogens (primary N) is 1. The molecule has 2 heterocycles. The van der Waals surface area contributed by atoms with Gasteiger partial charge in [-0.1, -0.05) is 19.8 Å². The smallest absolute Gasteiger partial charge is 0.282 e. The lowest BCUT2D eigenvalue weighted by molar-refractivity contribution is 0.236. The first-order valence-electron chi connectivity index (χ1n) is 7.01. The van der Waals surface area contributed by atoms with Gasteiger partial charge in [0.1, 0.15) is 0 Å². The molecule has 6 heteroatoms. The molecule has 2 aliphatic heterocycles. The standard InChI is InChI=1S/C12H25N3O2S/c1-11-8-12(13)10-15(9-11)18(16,17)14-6-4-2-3-5-7-14/h11-12H,2-10,13H2,1H3. The van der Waals surface area contributed by atoms with E-state index in [1.54, 1.807) is 8.61 Å². The SMILES string of the molecule is CC1CC(N)CN(S(=O)(=O)N2CCCCCC2)C1. The lowest BCUT2D eigenvalue weighted by Crippen LogP contribution is -2.53. The molecular formula is C12H25N3O2S. The van der Waals surface area contributed by atoms with Crippen molar-refractivity contribution in [3.05, 3.63) is 0 Å². The summed E-state index contributed by atoms with van der Waals surface area (Å²) in [7, 11) is -3.29. The van der Waals surface area contributed by atoms with Crippen LogP contribution in [0.15, 0.2) is 0 Å². The van der Waals surface area contributed by atoms with E-state index < -0.39 is 10.2 Å². The van der Waals surface area contributed by atoms with Gasteiger partial charge in [0.05, 0.1) is 0 Å². The third-order valence-electron chi connectivity index (χ3n) is 3.88. The second-order valence-corrected chi connectivity index (χ2v) is 7.67. The largest absolute Gasteiger partial charge is 0.326 e. The summed E-state index contributed by atoms with van der Waals surface area (Å²) in [4.78, 5) is 0. The van der Waals surface area contributed by atoms with Crippen LogP contribution in [0.5, 0.6) is 0 Å². The zero-order valence-electron chi connectivity index (χ0n) is 11.2. The van der Waals surface area contributed by atoms with Crippen molar-refractivity contribution in [2.75, 3.05) is 26.2 Å². The third-order valence-corrected chi connectivity index (χ3v) is 5.84. The van der Waals surface area contributed by atoms with Gasteiger partial charge in [-0.3, -0.25) is 0 Å². The van der Waals surface area contributed by atoms with Gasteiger partial charge in [-0.25, -0.2) is 0 Å². The Morgan fingerprint density at radius 3 is 2.17 bits per heavy atom. The van der Waals surface area contributed by atoms with Gasteiger partial charge in [0.25, 0.3) is 10.2 Å². The van der Waals surface area contributed by atoms with Crippen LogP contribution in [0, 0.1) is 5.92 Å². The van der Waals surface area contributed by atoms with E-state index in [4.69, 9.17) is 5.73 Å². The number of hydrogen-bond acceptors (Lipinski definition) is 3. The molecule has 0 radical (unpaired) electrons. The van der Waals surface area contributed by atoms with Crippen LogP contribution in [0.2, 0.25) is 0 Å². The van der Waals surface area contributed by atoms with Gasteiger partial charge < -0.3 is 5.73 Å². The Morgan fingerprint density at radius 2 is 1.61 bits per heavy atom. The molecule has 0 aromatic heterocycles. The lowest BCUT2D eigenvalue weighted by Gasteiger charge is -2.36. The zero-order valence-corrected chi connectivity index (χ0v) is 12.0. The van der Waals surface area contributed by atoms with Crippen LogP contribution in [-0.4, -0.2) is 49.2 Å². The second kappa shape index (κ2) is 5.86. The summed E-state index contributed by atoms with van der Waals surface area (Å²) < 4.78 is 28.4. The van der Waals surface area contributed by atoms with Gasteiger partial charge in [0, 0.05) is 32.2 Å². The minimum absolute atomic E-state index is 0.0181. The van der Waals surface area contributed by atoms with Crippen molar-refractivity contribution in [2.45, 2.75) is 45.1 Å². The van der Waals surface area contributed by atoms with Crippen molar-refractivity contribution < 1.29 is 8.42 Å². The first kappa shape index (κ1) is 14.2. The highest BCUT2D eigenvalue weighted by molar-refractivity contribution is 7.86. The summed E-state index contributed by atoms with van der Waals surface area (Å²) in [6.07, 6.45) is 5.17. The Balaban J connectivity index is 2.08. The fraction of sp³-hybridized carbons (Fsp3) is 1.00. The fourth-order valence-corrected chi connectivity index (χ4v) is 4.84. The van der Waals surface area contributed by atoms with E-state index in [1.807, 2.05) is 0 Å². The maximum absolute atomic E-state index is 12.6. The maximum atomic E-state index is 12.6. The van der Waals surface area contributed by atoms with Crippen molar-refractivity contribution in [1.29, 1.82) is 0 Å². The van der Waals surface area contributed by atoms with Crippen molar-refractivity contribution in [2.24, 2.45) is 11.7 Å². The Kier molecular flexibility index (Phi) is 4.64. The molecule has 0 aromatic carbocycles. The average Bonchev–Trinajstić information content (AvgIpc) is 2.56. The first-order valence-corrected chi connectivity index (χ1v) is 8.40. The van der Waals surface area contributed by atoms with Crippen molar-refractivity contribution >= 4 is 10.2 Å². The Morgan fingerprint density at radius 1 is 1.00 bits per heavy atom. The molecule has 0 bridgehead atoms. The molecule has 18 heavy (non-hydrogen) atoms. The highest BCUT2D eigenvalue weighted by Crippen LogP contribution is 2.22. The quantitative estimate of drug-likeness (QED) is 0.809. The van der Waals surface area contributed by atoms with Crippen LogP contribution < -0.4 is 5.73 Å². The Labute approximate surface area is 110 Å². The van der Waals surface area contributed by atoms with Crippen LogP contribution in [0.3, 0.4) is 0 Å². The monoisotopic (exact) mass is 275 g/mol. The van der Waals surface area contributed by atoms with Crippen LogP contribution in [-0.2, 0) is 10.2 Å². The predicted octanol–water partition coefficient (Wildman–Crippen LogP) is 0.776. The molecule has 2 saturated heterocycles. The molecule has 5 nitrogen and oxygen atoms in total. The molecule has 2 aliphatic rings. The van der Waals surface area contributed by atoms with E-state index in [0.717, 1.165) is 32.1 Å². The normalized spacial score (nSPS) is 33.2. The highest BCUT2D eigenvalue weighted by atomic mass is 32.2. The fourth-order valence-electron chi connectivity index (χ4n) is 2.97. The van der Waals surface area contributed by atoms with Gasteiger partial charge in [-0.05, 0) is 25.2 Å². The number of rotatable bonds is 2. The van der Waals surface area contributed by atoms with E-state index in [2.05, 4.69) is 6.92 Å². The molecule has 0 aliphatic carbocycles. The number of nitrogens with zero attached hydrogens (tertiary/aromatic N) is 2. The van der Waals surface area contributed by atoms with E-state index in [0.29, 0.717) is 32.1 Å². The highest BCUT2D eigenvalue weighted by Gasteiger charge is 2.34. The minimum atomic E-state index is -3.29. The number of piperidine rings is 1. The van der Waals surface area contributed by atoms with Crippen LogP contribution >= 0.6 is 0 Å². The van der Waals surface area contributed by atoms with Crippen molar-refractivity contribution in [1.82, 2.24) is 8.61 Å². The Hall–Kier alpha value is -0.170. The van der Waals surface area contributed by atoms with E-state index in [-0.39, 0.29) is 6.04 Å². The molecule has 0 aromatic rings. The molecule has 2 atom stereocenters. The van der Waals surface area contributed by atoms with Crippen molar-refractivity contribution in [3.8, 4) is 0 Å². The van der Waals surface area contributed by atoms with E-state index >= 15 is 0 Å². The van der Waals surface area contributed by atoms with Gasteiger partial charge >= 0.3 is 0 Å². The summed E-state index contributed by atoms with van der Waals surface area (Å²) >= 11 is 0. The summed E-state index contributed by atoms with van der Waals surface area (Å²) in [5, 5.41) is 0. The summed E-state index contributed by atoms with van der Waals surface area (Å²) in [6, 6.07) is -0.0181. The van der Waals surface area contributed by atoms with Gasteiger partial charge in [-0.2, -0.15) is 17.0 Å². The number of hydrogen-bond donors (Lipinski definition) is 1. The molecule has 0 amide bonds. The molecule has 0 spiro atoms. The second-order valence-electron chi connectivity index (χ2n) is 5.74. The first-order chi connectivity index (χ1) is 8.50. The summed E-state index contributed by atoms with van der Waals surface area (Å²) in [5.74, 6) is 0.357. The van der Waals surface area contributed by atoms with Crippen LogP contribution in [0.1, 0.15) is 39.0 Å². The van der Waals surface area contributed by atoms with Gasteiger partial charge in [0.2, 0.25) is 0 Å². The lowest BCUT2D eigenvalue weighted by atomic mass is 9.99. The van der Waals surface area contributed by atoms with Gasteiger partial charge in [-0.15, -0.1) is 0 Å². The molecule has 0 saturated carbocycles. The molecule has 2 fully saturated rings. The molecule has 106 valence electrons. The molecule has 2 unspecified atom stereocenters. The Bertz CT molecular complexity index is 354. The third kappa shape index (κ3) is 3.23.